The van der Waals surface area contributed by atoms with Gasteiger partial charge in [0.25, 0.3) is 0 Å². The molecule has 1 aliphatic carbocycles. The second kappa shape index (κ2) is 28.0. The minimum Gasteiger partial charge on any atom is -0.479 e. The molecule has 0 bridgehead atoms. The fourth-order valence-electron chi connectivity index (χ4n) is 10.9. The summed E-state index contributed by atoms with van der Waals surface area (Å²) in [6.07, 6.45) is -24.8. The molecule has 2 aromatic heterocycles. The van der Waals surface area contributed by atoms with Crippen LogP contribution in [0.1, 0.15) is 67.5 Å². The quantitative estimate of drug-likeness (QED) is 0.0324. The van der Waals surface area contributed by atoms with Crippen molar-refractivity contribution in [1.82, 2.24) is 35.3 Å². The molecule has 4 aliphatic rings. The molecule has 1 amide bonds. The Hall–Kier alpha value is -6.39. The smallest absolute Gasteiger partial charge is 0.338 e. The average molecular weight is 1200 g/mol. The zero-order valence-corrected chi connectivity index (χ0v) is 46.2. The fourth-order valence-corrected chi connectivity index (χ4v) is 10.9. The van der Waals surface area contributed by atoms with E-state index in [0.29, 0.717) is 17.7 Å². The number of nitrogens with one attached hydrogen (secondary N) is 1. The standard InChI is InChI=1S/C56H69F2N7O20/c1-4-11-36(52(75)76)80-49-44(70)39(25-67)83-56(50(49)84-53(77)29-14-9-6-10-15-29)81-37-21-31(20-35(64-22-33(60-62-64)28-12-7-5-8-13-28)48(37)85-55-47(73)46(72)42(68)27(3)79-55)51(74)59-16-17-78-54-45(71)41(43(69)38(24-66)82-54)65-23-34(61-63-65)30-18-26(2)40(58)32(57)19-30/h5-10,12-15,18-19,22-23,27,31,35-39,41-50,54-56,66-73H,4,11,16-17,20-21,24-25H2,1-3H3,(H,59,74)(H,75,76)/t27?,31?,35-,36+,37-,38-,39?,41?,42-,43-,44+,45?,46+,47?,48?,49?,50?,54+,55+,56-/m1/s1. The van der Waals surface area contributed by atoms with Crippen molar-refractivity contribution in [3.8, 4) is 22.5 Å². The Balaban J connectivity index is 1.02. The number of hydrogen-bond donors (Lipinski definition) is 10. The predicted octanol–water partition coefficient (Wildman–Crippen LogP) is 0.0945. The molecule has 3 aliphatic heterocycles. The monoisotopic (exact) mass is 1200 g/mol. The third-order valence-corrected chi connectivity index (χ3v) is 15.5. The van der Waals surface area contributed by atoms with E-state index in [4.69, 9.17) is 37.9 Å². The number of hydrogen-bond acceptors (Lipinski definition) is 23. The zero-order valence-electron chi connectivity index (χ0n) is 46.2. The second-order valence-electron chi connectivity index (χ2n) is 21.3. The van der Waals surface area contributed by atoms with Crippen LogP contribution >= 0.6 is 0 Å². The minimum atomic E-state index is -1.88. The maximum absolute atomic E-state index is 14.7. The Kier molecular flexibility index (Phi) is 20.8. The number of carboxylic acids is 1. The maximum Gasteiger partial charge on any atom is 0.338 e. The van der Waals surface area contributed by atoms with Gasteiger partial charge < -0.3 is 89.2 Å². The fraction of sp³-hybridized carbons (Fsp3) is 0.554. The lowest BCUT2D eigenvalue weighted by Crippen LogP contribution is -2.64. The molecule has 10 N–H and O–H groups in total. The van der Waals surface area contributed by atoms with Gasteiger partial charge in [-0.3, -0.25) is 4.79 Å². The van der Waals surface area contributed by atoms with Crippen LogP contribution in [0.15, 0.2) is 85.2 Å². The van der Waals surface area contributed by atoms with Crippen LogP contribution in [0.25, 0.3) is 22.5 Å². The predicted molar refractivity (Wildman–Crippen MR) is 284 cm³/mol. The van der Waals surface area contributed by atoms with Gasteiger partial charge in [-0.15, -0.1) is 10.2 Å². The largest absolute Gasteiger partial charge is 0.479 e. The summed E-state index contributed by atoms with van der Waals surface area (Å²) in [7, 11) is 0. The maximum atomic E-state index is 14.7. The second-order valence-corrected chi connectivity index (χ2v) is 21.3. The van der Waals surface area contributed by atoms with Gasteiger partial charge in [-0.1, -0.05) is 72.3 Å². The molecule has 462 valence electrons. The summed E-state index contributed by atoms with van der Waals surface area (Å²) < 4.78 is 80.2. The molecule has 27 nitrogen and oxygen atoms in total. The third kappa shape index (κ3) is 14.1. The van der Waals surface area contributed by atoms with Crippen LogP contribution in [-0.2, 0) is 47.5 Å². The molecule has 5 heterocycles. The minimum absolute atomic E-state index is 0.00665. The number of esters is 1. The molecule has 29 heteroatoms. The molecular formula is C56H69F2N7O20. The highest BCUT2D eigenvalue weighted by Crippen LogP contribution is 2.42. The summed E-state index contributed by atoms with van der Waals surface area (Å²) in [6.45, 7) is 2.24. The SMILES string of the molecule is CCC[C@H](OC1C(OC(=O)c2ccccc2)[C@H](O[C@@H]2CC(C(=O)NCCO[C@H]3O[C@H](CO)[C@@H](O)C(n4cc(-c5cc(C)c(F)c(F)c5)nn4)C3O)C[C@@H](n3cc(-c4ccccc4)nn3)C2O[C@@H]2OC(C)[C@@H](O)[C@H](O)C2O)OC(CO)[C@@H]1O)C(=O)O. The highest BCUT2D eigenvalue weighted by molar-refractivity contribution is 5.89. The summed E-state index contributed by atoms with van der Waals surface area (Å²) in [5.74, 6) is -6.31. The summed E-state index contributed by atoms with van der Waals surface area (Å²) in [5, 5.41) is 118. The summed E-state index contributed by atoms with van der Waals surface area (Å²) in [5.41, 5.74) is 1.25. The molecule has 9 rings (SSSR count). The number of nitrogens with zero attached hydrogens (tertiary/aromatic N) is 6. The van der Waals surface area contributed by atoms with Crippen molar-refractivity contribution in [2.75, 3.05) is 26.4 Å². The van der Waals surface area contributed by atoms with Gasteiger partial charge in [0.2, 0.25) is 5.91 Å². The number of benzene rings is 3. The van der Waals surface area contributed by atoms with Crippen LogP contribution in [0.2, 0.25) is 0 Å². The number of aryl methyl sites for hydroxylation is 1. The molecule has 85 heavy (non-hydrogen) atoms. The van der Waals surface area contributed by atoms with Crippen LogP contribution in [0.3, 0.4) is 0 Å². The van der Waals surface area contributed by atoms with Crippen LogP contribution in [0.5, 0.6) is 0 Å². The third-order valence-electron chi connectivity index (χ3n) is 15.5. The zero-order chi connectivity index (χ0) is 60.8. The molecule has 5 aromatic rings. The number of carboxylic acid groups (broad SMARTS) is 1. The Morgan fingerprint density at radius 3 is 2.05 bits per heavy atom. The lowest BCUT2D eigenvalue weighted by molar-refractivity contribution is -0.348. The van der Waals surface area contributed by atoms with Crippen LogP contribution in [0.4, 0.5) is 8.78 Å². The average Bonchev–Trinajstić information content (AvgIpc) is 2.98. The lowest BCUT2D eigenvalue weighted by Gasteiger charge is -2.48. The van der Waals surface area contributed by atoms with E-state index in [0.717, 1.165) is 10.7 Å². The molecule has 3 saturated heterocycles. The van der Waals surface area contributed by atoms with Crippen molar-refractivity contribution in [1.29, 1.82) is 0 Å². The highest BCUT2D eigenvalue weighted by Gasteiger charge is 2.55. The topological polar surface area (TPSA) is 381 Å². The molecule has 0 spiro atoms. The van der Waals surface area contributed by atoms with Crippen molar-refractivity contribution in [2.45, 2.75) is 163 Å². The van der Waals surface area contributed by atoms with E-state index in [1.807, 2.05) is 0 Å². The number of aliphatic carboxylic acids is 1. The number of amides is 1. The number of halogens is 2. The van der Waals surface area contributed by atoms with Crippen molar-refractivity contribution in [3.63, 3.8) is 0 Å². The van der Waals surface area contributed by atoms with E-state index < -0.39 is 165 Å². The van der Waals surface area contributed by atoms with Gasteiger partial charge in [0.1, 0.15) is 78.5 Å². The highest BCUT2D eigenvalue weighted by atomic mass is 19.2. The van der Waals surface area contributed by atoms with Gasteiger partial charge in [0, 0.05) is 23.6 Å². The Morgan fingerprint density at radius 2 is 1.38 bits per heavy atom. The first-order chi connectivity index (χ1) is 40.8. The number of aromatic nitrogens is 6. The number of carbonyl (C=O) groups excluding carboxylic acids is 2. The van der Waals surface area contributed by atoms with Crippen LogP contribution < -0.4 is 5.32 Å². The molecular weight excluding hydrogens is 1130 g/mol. The first-order valence-electron chi connectivity index (χ1n) is 27.8. The van der Waals surface area contributed by atoms with Gasteiger partial charge in [-0.25, -0.2) is 27.7 Å². The number of ether oxygens (including phenoxy) is 8. The van der Waals surface area contributed by atoms with Gasteiger partial charge in [0.15, 0.2) is 42.7 Å². The number of carbonyl (C=O) groups is 3. The normalized spacial score (nSPS) is 32.8. The Bertz CT molecular complexity index is 3000. The van der Waals surface area contributed by atoms with E-state index in [1.165, 1.54) is 42.9 Å². The van der Waals surface area contributed by atoms with E-state index >= 15 is 0 Å². The summed E-state index contributed by atoms with van der Waals surface area (Å²) in [4.78, 5) is 41.3. The van der Waals surface area contributed by atoms with E-state index in [2.05, 4.69) is 25.9 Å². The molecule has 20 atom stereocenters. The van der Waals surface area contributed by atoms with Gasteiger partial charge >= 0.3 is 11.9 Å². The number of aliphatic hydroxyl groups is 8. The Labute approximate surface area is 484 Å². The van der Waals surface area contributed by atoms with E-state index in [-0.39, 0.29) is 54.8 Å². The van der Waals surface area contributed by atoms with E-state index in [9.17, 15) is 69.1 Å². The van der Waals surface area contributed by atoms with Gasteiger partial charge in [-0.2, -0.15) is 0 Å². The Morgan fingerprint density at radius 1 is 0.729 bits per heavy atom. The lowest BCUT2D eigenvalue weighted by atomic mass is 9.80. The first-order valence-corrected chi connectivity index (χ1v) is 27.8. The summed E-state index contributed by atoms with van der Waals surface area (Å²) in [6, 6.07) is 16.3. The molecule has 3 aromatic carbocycles. The van der Waals surface area contributed by atoms with Crippen LogP contribution in [-0.4, -0.2) is 224 Å². The molecule has 4 fully saturated rings. The van der Waals surface area contributed by atoms with Crippen molar-refractivity contribution in [3.05, 3.63) is 108 Å². The van der Waals surface area contributed by atoms with Gasteiger partial charge in [-0.05, 0) is 62.9 Å². The van der Waals surface area contributed by atoms with Crippen molar-refractivity contribution >= 4 is 17.8 Å². The molecule has 1 saturated carbocycles. The molecule has 0 radical (unpaired) electrons. The molecule has 9 unspecified atom stereocenters. The van der Waals surface area contributed by atoms with Crippen molar-refractivity contribution in [2.24, 2.45) is 5.92 Å². The summed E-state index contributed by atoms with van der Waals surface area (Å²) >= 11 is 0. The van der Waals surface area contributed by atoms with E-state index in [1.54, 1.807) is 61.7 Å². The van der Waals surface area contributed by atoms with Gasteiger partial charge in [0.05, 0.1) is 56.0 Å². The first kappa shape index (κ1) is 63.1. The number of aliphatic hydroxyl groups excluding tert-OH is 8. The van der Waals surface area contributed by atoms with Crippen LogP contribution in [0, 0.1) is 24.5 Å². The van der Waals surface area contributed by atoms with Crippen molar-refractivity contribution < 1.29 is 107 Å². The number of rotatable bonds is 22.